The Morgan fingerprint density at radius 3 is 2.29 bits per heavy atom. The quantitative estimate of drug-likeness (QED) is 0.182. The van der Waals surface area contributed by atoms with Gasteiger partial charge in [0.05, 0.1) is 12.2 Å². The van der Waals surface area contributed by atoms with Crippen LogP contribution in [0.2, 0.25) is 0 Å². The Morgan fingerprint density at radius 2 is 1.69 bits per heavy atom. The van der Waals surface area contributed by atoms with E-state index in [1.54, 1.807) is 11.9 Å². The summed E-state index contributed by atoms with van der Waals surface area (Å²) in [5, 5.41) is 20.3. The summed E-state index contributed by atoms with van der Waals surface area (Å²) in [5.41, 5.74) is 11.1. The lowest BCUT2D eigenvalue weighted by Gasteiger charge is -2.24. The molecule has 224 valence electrons. The molecule has 2 aromatic heterocycles. The molecule has 0 saturated heterocycles. The average Bonchev–Trinajstić information content (AvgIpc) is 2.90. The van der Waals surface area contributed by atoms with Gasteiger partial charge in [0.2, 0.25) is 5.95 Å². The highest BCUT2D eigenvalue weighted by Crippen LogP contribution is 2.36. The zero-order chi connectivity index (χ0) is 31.2. The van der Waals surface area contributed by atoms with Gasteiger partial charge in [0, 0.05) is 37.6 Å². The third-order valence-electron chi connectivity index (χ3n) is 6.22. The Balaban J connectivity index is 1.87. The standard InChI is InChI=1S/C26H30F2N8O6/c1-13(37)4-3-11-26(27,28)20-17(31-19-21(29)34-25(30)35-22(19)33-20)12-36(2)15-7-5-14(6-8-15)23(40)32-16(24(41)42)9-10-18(38)39/h5-8,16H,3-4,9-12H2,1-2H3,(H,32,40)(H,38,39)(H,41,42)(H4,29,30,33,34,35)/t16-/m0/s1. The molecule has 0 fully saturated rings. The van der Waals surface area contributed by atoms with Gasteiger partial charge >= 0.3 is 11.9 Å². The predicted octanol–water partition coefficient (Wildman–Crippen LogP) is 2.12. The fourth-order valence-electron chi connectivity index (χ4n) is 4.05. The van der Waals surface area contributed by atoms with Crippen LogP contribution in [-0.4, -0.2) is 66.9 Å². The number of amides is 1. The van der Waals surface area contributed by atoms with Crippen molar-refractivity contribution in [2.24, 2.45) is 0 Å². The van der Waals surface area contributed by atoms with Crippen molar-refractivity contribution in [1.82, 2.24) is 25.3 Å². The summed E-state index contributed by atoms with van der Waals surface area (Å²) in [7, 11) is 1.59. The molecule has 1 amide bonds. The lowest BCUT2D eigenvalue weighted by molar-refractivity contribution is -0.140. The zero-order valence-electron chi connectivity index (χ0n) is 22.8. The molecule has 0 aliphatic rings. The number of carboxylic acids is 2. The first-order valence-electron chi connectivity index (χ1n) is 12.7. The molecule has 0 aliphatic carbocycles. The van der Waals surface area contributed by atoms with Gasteiger partial charge < -0.3 is 36.7 Å². The molecule has 0 unspecified atom stereocenters. The maximum absolute atomic E-state index is 15.4. The van der Waals surface area contributed by atoms with Crippen LogP contribution in [0.4, 0.5) is 26.2 Å². The molecule has 0 spiro atoms. The summed E-state index contributed by atoms with van der Waals surface area (Å²) in [5.74, 6) is -7.39. The monoisotopic (exact) mass is 588 g/mol. The van der Waals surface area contributed by atoms with Gasteiger partial charge in [-0.3, -0.25) is 9.59 Å². The SMILES string of the molecule is CC(=O)CCCC(F)(F)c1nc2nc(N)nc(N)c2nc1CN(C)c1ccc(C(=O)N[C@@H](CCC(=O)O)C(=O)O)cc1. The van der Waals surface area contributed by atoms with Gasteiger partial charge in [-0.1, -0.05) is 0 Å². The minimum Gasteiger partial charge on any atom is -0.481 e. The number of carbonyl (C=O) groups is 4. The predicted molar refractivity (Wildman–Crippen MR) is 147 cm³/mol. The number of aromatic nitrogens is 4. The molecule has 0 radical (unpaired) electrons. The number of carboxylic acid groups (broad SMARTS) is 2. The van der Waals surface area contributed by atoms with Crippen molar-refractivity contribution in [3.8, 4) is 0 Å². The van der Waals surface area contributed by atoms with E-state index in [2.05, 4.69) is 25.3 Å². The second-order valence-corrected chi connectivity index (χ2v) is 9.62. The molecule has 1 aromatic carbocycles. The van der Waals surface area contributed by atoms with Crippen LogP contribution in [0.5, 0.6) is 0 Å². The molecular weight excluding hydrogens is 558 g/mol. The lowest BCUT2D eigenvalue weighted by Crippen LogP contribution is -2.41. The van der Waals surface area contributed by atoms with Gasteiger partial charge in [0.15, 0.2) is 17.0 Å². The molecule has 16 heteroatoms. The Bertz CT molecular complexity index is 1500. The fraction of sp³-hybridized carbons (Fsp3) is 0.385. The van der Waals surface area contributed by atoms with Gasteiger partial charge in [-0.25, -0.2) is 14.8 Å². The summed E-state index contributed by atoms with van der Waals surface area (Å²) in [6.45, 7) is 1.14. The zero-order valence-corrected chi connectivity index (χ0v) is 22.8. The molecule has 7 N–H and O–H groups in total. The van der Waals surface area contributed by atoms with Crippen LogP contribution in [0.1, 0.15) is 60.8 Å². The normalized spacial score (nSPS) is 12.1. The molecule has 2 heterocycles. The minimum atomic E-state index is -3.47. The molecule has 42 heavy (non-hydrogen) atoms. The number of rotatable bonds is 14. The number of aliphatic carboxylic acids is 2. The number of ketones is 1. The van der Waals surface area contributed by atoms with Gasteiger partial charge in [-0.15, -0.1) is 0 Å². The number of halogens is 2. The molecular formula is C26H30F2N8O6. The number of Topliss-reactive ketones (excluding diaryl/α,β-unsaturated/α-hetero) is 1. The number of hydrogen-bond acceptors (Lipinski definition) is 11. The first kappa shape index (κ1) is 31.5. The molecule has 3 aromatic rings. The third kappa shape index (κ3) is 8.02. The number of nitrogens with two attached hydrogens (primary N) is 2. The molecule has 1 atom stereocenters. The highest BCUT2D eigenvalue weighted by atomic mass is 19.3. The minimum absolute atomic E-state index is 0.0150. The van der Waals surface area contributed by atoms with Crippen molar-refractivity contribution in [2.75, 3.05) is 23.4 Å². The van der Waals surface area contributed by atoms with E-state index >= 15 is 8.78 Å². The number of alkyl halides is 2. The van der Waals surface area contributed by atoms with Crippen molar-refractivity contribution >= 4 is 52.2 Å². The maximum Gasteiger partial charge on any atom is 0.326 e. The Labute approximate surface area is 238 Å². The third-order valence-corrected chi connectivity index (χ3v) is 6.22. The van der Waals surface area contributed by atoms with E-state index in [1.165, 1.54) is 31.2 Å². The molecule has 0 saturated carbocycles. The van der Waals surface area contributed by atoms with Crippen LogP contribution in [-0.2, 0) is 26.9 Å². The van der Waals surface area contributed by atoms with E-state index in [1.807, 2.05) is 0 Å². The molecule has 3 rings (SSSR count). The van der Waals surface area contributed by atoms with Gasteiger partial charge in [-0.2, -0.15) is 18.7 Å². The van der Waals surface area contributed by atoms with Crippen LogP contribution in [0.25, 0.3) is 11.2 Å². The lowest BCUT2D eigenvalue weighted by atomic mass is 10.0. The number of nitrogens with zero attached hydrogens (tertiary/aromatic N) is 5. The number of nitrogen functional groups attached to an aromatic ring is 2. The summed E-state index contributed by atoms with van der Waals surface area (Å²) in [6.07, 6.45) is -1.50. The second-order valence-electron chi connectivity index (χ2n) is 9.62. The smallest absolute Gasteiger partial charge is 0.326 e. The summed E-state index contributed by atoms with van der Waals surface area (Å²) in [4.78, 5) is 63.6. The maximum atomic E-state index is 15.4. The van der Waals surface area contributed by atoms with E-state index in [0.717, 1.165) is 0 Å². The van der Waals surface area contributed by atoms with Crippen molar-refractivity contribution < 1.29 is 38.2 Å². The van der Waals surface area contributed by atoms with Crippen molar-refractivity contribution in [2.45, 2.75) is 57.5 Å². The van der Waals surface area contributed by atoms with Gasteiger partial charge in [0.25, 0.3) is 11.8 Å². The fourth-order valence-corrected chi connectivity index (χ4v) is 4.05. The van der Waals surface area contributed by atoms with E-state index in [9.17, 15) is 24.3 Å². The first-order chi connectivity index (χ1) is 19.7. The summed E-state index contributed by atoms with van der Waals surface area (Å²) >= 11 is 0. The van der Waals surface area contributed by atoms with E-state index in [4.69, 9.17) is 16.6 Å². The number of hydrogen-bond donors (Lipinski definition) is 5. The Morgan fingerprint density at radius 1 is 1.02 bits per heavy atom. The van der Waals surface area contributed by atoms with Crippen molar-refractivity contribution in [1.29, 1.82) is 0 Å². The molecule has 0 aliphatic heterocycles. The molecule has 0 bridgehead atoms. The number of anilines is 3. The topological polar surface area (TPSA) is 228 Å². The van der Waals surface area contributed by atoms with Crippen LogP contribution in [0, 0.1) is 0 Å². The van der Waals surface area contributed by atoms with E-state index < -0.39 is 48.3 Å². The number of fused-ring (bicyclic) bond motifs is 1. The van der Waals surface area contributed by atoms with E-state index in [-0.39, 0.29) is 65.8 Å². The van der Waals surface area contributed by atoms with E-state index in [0.29, 0.717) is 5.69 Å². The number of carbonyl (C=O) groups excluding carboxylic acids is 2. The Kier molecular flexibility index (Phi) is 9.82. The summed E-state index contributed by atoms with van der Waals surface area (Å²) in [6, 6.07) is 4.42. The van der Waals surface area contributed by atoms with Crippen LogP contribution >= 0.6 is 0 Å². The van der Waals surface area contributed by atoms with Crippen molar-refractivity contribution in [3.05, 3.63) is 41.2 Å². The highest BCUT2D eigenvalue weighted by Gasteiger charge is 2.37. The largest absolute Gasteiger partial charge is 0.481 e. The number of nitrogens with one attached hydrogen (secondary N) is 1. The number of benzene rings is 1. The van der Waals surface area contributed by atoms with Crippen LogP contribution < -0.4 is 21.7 Å². The van der Waals surface area contributed by atoms with Crippen molar-refractivity contribution in [3.63, 3.8) is 0 Å². The van der Waals surface area contributed by atoms with Gasteiger partial charge in [-0.05, 0) is 44.0 Å². The average molecular weight is 589 g/mol. The van der Waals surface area contributed by atoms with Crippen LogP contribution in [0.15, 0.2) is 24.3 Å². The van der Waals surface area contributed by atoms with Gasteiger partial charge in [0.1, 0.15) is 17.5 Å². The second kappa shape index (κ2) is 13.1. The molecule has 14 nitrogen and oxygen atoms in total. The Hall–Kier alpha value is -5.02. The highest BCUT2D eigenvalue weighted by molar-refractivity contribution is 5.97. The van der Waals surface area contributed by atoms with Crippen LogP contribution in [0.3, 0.4) is 0 Å². The first-order valence-corrected chi connectivity index (χ1v) is 12.7. The summed E-state index contributed by atoms with van der Waals surface area (Å²) < 4.78 is 30.8.